The van der Waals surface area contributed by atoms with Gasteiger partial charge in [-0.25, -0.2) is 4.98 Å². The molecular formula is C80H54N8. The van der Waals surface area contributed by atoms with Crippen molar-refractivity contribution in [2.24, 2.45) is 0 Å². The van der Waals surface area contributed by atoms with Gasteiger partial charge in [-0.05, 0) is 152 Å². The van der Waals surface area contributed by atoms with Crippen molar-refractivity contribution in [3.63, 3.8) is 0 Å². The van der Waals surface area contributed by atoms with Crippen LogP contribution in [-0.2, 0) is 0 Å². The topological polar surface area (TPSA) is 50.3 Å². The summed E-state index contributed by atoms with van der Waals surface area (Å²) in [5.41, 5.74) is 17.5. The highest BCUT2D eigenvalue weighted by atomic mass is 15.3. The number of fused-ring (bicyclic) bond motifs is 10. The molecule has 0 fully saturated rings. The molecule has 8 heteroatoms. The van der Waals surface area contributed by atoms with Gasteiger partial charge in [0, 0.05) is 94.6 Å². The molecule has 8 nitrogen and oxygen atoms in total. The first kappa shape index (κ1) is 50.5. The third-order valence-corrected chi connectivity index (χ3v) is 17.1. The smallest absolute Gasteiger partial charge is 0.237 e. The number of hydrogen-bond donors (Lipinski definition) is 0. The Morgan fingerprint density at radius 2 is 0.534 bits per heavy atom. The first-order chi connectivity index (χ1) is 43.7. The van der Waals surface area contributed by atoms with E-state index in [0.717, 1.165) is 128 Å². The zero-order valence-corrected chi connectivity index (χ0v) is 47.8. The summed E-state index contributed by atoms with van der Waals surface area (Å²) in [5.74, 6) is 1.27. The summed E-state index contributed by atoms with van der Waals surface area (Å²) in [5, 5.41) is 7.79. The van der Waals surface area contributed by atoms with Crippen LogP contribution in [0.2, 0.25) is 0 Å². The normalized spacial score (nSPS) is 11.6. The van der Waals surface area contributed by atoms with Crippen LogP contribution < -0.4 is 14.7 Å². The van der Waals surface area contributed by atoms with Crippen molar-refractivity contribution in [3.05, 3.63) is 328 Å². The van der Waals surface area contributed by atoms with Crippen LogP contribution in [0.25, 0.3) is 93.5 Å². The maximum atomic E-state index is 5.98. The molecule has 0 saturated carbocycles. The molecule has 0 N–H and O–H groups in total. The van der Waals surface area contributed by atoms with E-state index in [1.54, 1.807) is 0 Å². The van der Waals surface area contributed by atoms with E-state index in [9.17, 15) is 0 Å². The van der Waals surface area contributed by atoms with E-state index in [1.165, 1.54) is 10.8 Å². The van der Waals surface area contributed by atoms with Gasteiger partial charge in [-0.2, -0.15) is 4.98 Å². The fourth-order valence-corrected chi connectivity index (χ4v) is 13.3. The van der Waals surface area contributed by atoms with Crippen molar-refractivity contribution in [2.75, 3.05) is 14.7 Å². The highest BCUT2D eigenvalue weighted by Crippen LogP contribution is 2.46. The van der Waals surface area contributed by atoms with E-state index in [-0.39, 0.29) is 0 Å². The highest BCUT2D eigenvalue weighted by molar-refractivity contribution is 6.14. The number of para-hydroxylation sites is 9. The molecule has 0 aliphatic rings. The van der Waals surface area contributed by atoms with Crippen LogP contribution in [0.15, 0.2) is 328 Å². The summed E-state index contributed by atoms with van der Waals surface area (Å²) in [6.45, 7) is 0. The average molecular weight is 1130 g/mol. The second-order valence-corrected chi connectivity index (χ2v) is 22.2. The molecule has 0 amide bonds. The van der Waals surface area contributed by atoms with Crippen LogP contribution in [0.5, 0.6) is 0 Å². The third kappa shape index (κ3) is 8.37. The maximum absolute atomic E-state index is 5.98. The van der Waals surface area contributed by atoms with Crippen molar-refractivity contribution in [2.45, 2.75) is 0 Å². The van der Waals surface area contributed by atoms with Crippen LogP contribution in [0.1, 0.15) is 0 Å². The van der Waals surface area contributed by atoms with Gasteiger partial charge in [-0.1, -0.05) is 176 Å². The van der Waals surface area contributed by atoms with E-state index >= 15 is 0 Å². The van der Waals surface area contributed by atoms with Crippen LogP contribution >= 0.6 is 0 Å². The molecule has 17 rings (SSSR count). The van der Waals surface area contributed by atoms with Gasteiger partial charge >= 0.3 is 0 Å². The lowest BCUT2D eigenvalue weighted by Crippen LogP contribution is -2.16. The summed E-state index contributed by atoms with van der Waals surface area (Å²) < 4.78 is 7.11. The van der Waals surface area contributed by atoms with Gasteiger partial charge in [-0.3, -0.25) is 9.47 Å². The molecule has 0 atom stereocenters. The number of hydrogen-bond acceptors (Lipinski definition) is 5. The Labute approximate surface area is 508 Å². The molecule has 0 spiro atoms. The summed E-state index contributed by atoms with van der Waals surface area (Å²) in [7, 11) is 0. The second-order valence-electron chi connectivity index (χ2n) is 22.2. The minimum Gasteiger partial charge on any atom is -0.310 e. The molecule has 13 aromatic carbocycles. The lowest BCUT2D eigenvalue weighted by molar-refractivity contribution is 1.04. The van der Waals surface area contributed by atoms with Gasteiger partial charge in [-0.15, -0.1) is 0 Å². The van der Waals surface area contributed by atoms with Crippen molar-refractivity contribution < 1.29 is 0 Å². The molecule has 4 aromatic heterocycles. The molecule has 4 heterocycles. The Balaban J connectivity index is 0.938. The van der Waals surface area contributed by atoms with Gasteiger partial charge in [0.05, 0.1) is 38.6 Å². The van der Waals surface area contributed by atoms with Gasteiger partial charge in [0.1, 0.15) is 0 Å². The Morgan fingerprint density at radius 3 is 1.05 bits per heavy atom. The van der Waals surface area contributed by atoms with E-state index in [0.29, 0.717) is 5.95 Å². The fourth-order valence-electron chi connectivity index (χ4n) is 13.3. The lowest BCUT2D eigenvalue weighted by Gasteiger charge is -2.27. The molecule has 0 saturated heterocycles. The minimum absolute atomic E-state index is 0.531. The standard InChI is InChI=1S/C80H54N8/c1-7-25-55(26-8-1)83(56-27-9-2-10-28-56)63-43-48-69-66-38-20-24-42-75(66)88(78(69)54-63)79-71-52-61(84(57-29-11-3-12-30-57)64-44-47-68-65-37-19-22-40-73(65)87(77(68)53-64)60-35-17-6-18-36-60)45-49-72(71)81-80(82-79)85(58-31-13-4-14-32-58)62-46-50-76-70(51-62)67-39-21-23-41-74(67)86(76)59-33-15-5-16-34-59/h1-54H. The van der Waals surface area contributed by atoms with Crippen molar-refractivity contribution >= 4 is 128 Å². The molecular weight excluding hydrogens is 1070 g/mol. The van der Waals surface area contributed by atoms with Crippen LogP contribution in [0.4, 0.5) is 51.4 Å². The van der Waals surface area contributed by atoms with Gasteiger partial charge < -0.3 is 18.9 Å². The largest absolute Gasteiger partial charge is 0.310 e. The predicted octanol–water partition coefficient (Wildman–Crippen LogP) is 21.3. The Morgan fingerprint density at radius 1 is 0.205 bits per heavy atom. The number of nitrogens with zero attached hydrogens (tertiary/aromatic N) is 8. The van der Waals surface area contributed by atoms with E-state index in [4.69, 9.17) is 9.97 Å². The average Bonchev–Trinajstić information content (AvgIpc) is 1.77. The van der Waals surface area contributed by atoms with Crippen molar-refractivity contribution in [3.8, 4) is 17.2 Å². The van der Waals surface area contributed by atoms with E-state index in [2.05, 4.69) is 356 Å². The fraction of sp³-hybridized carbons (Fsp3) is 0. The van der Waals surface area contributed by atoms with Gasteiger partial charge in [0.25, 0.3) is 0 Å². The summed E-state index contributed by atoms with van der Waals surface area (Å²) in [6, 6.07) is 117. The Hall–Kier alpha value is -12.0. The van der Waals surface area contributed by atoms with Crippen LogP contribution in [0, 0.1) is 0 Å². The molecule has 414 valence electrons. The third-order valence-electron chi connectivity index (χ3n) is 17.1. The SMILES string of the molecule is c1ccc(N(c2ccc3nc(N(c4ccccc4)c4ccc5c(c4)c4ccccc4n5-c4ccccc4)nc(-n4c5ccccc5c5ccc(N(c6ccccc6)c6ccccc6)cc54)c3c2)c2ccc3c4ccccc4n(-c4ccccc4)c3c2)cc1. The van der Waals surface area contributed by atoms with E-state index in [1.807, 2.05) is 0 Å². The highest BCUT2D eigenvalue weighted by Gasteiger charge is 2.26. The number of benzene rings is 13. The predicted molar refractivity (Wildman–Crippen MR) is 367 cm³/mol. The molecule has 0 aliphatic carbocycles. The molecule has 0 bridgehead atoms. The number of anilines is 9. The maximum Gasteiger partial charge on any atom is 0.237 e. The summed E-state index contributed by atoms with van der Waals surface area (Å²) >= 11 is 0. The quantitative estimate of drug-likeness (QED) is 0.122. The summed E-state index contributed by atoms with van der Waals surface area (Å²) in [6.07, 6.45) is 0. The summed E-state index contributed by atoms with van der Waals surface area (Å²) in [4.78, 5) is 18.6. The molecule has 0 aliphatic heterocycles. The van der Waals surface area contributed by atoms with Crippen LogP contribution in [0.3, 0.4) is 0 Å². The minimum atomic E-state index is 0.531. The molecule has 88 heavy (non-hydrogen) atoms. The number of rotatable bonds is 12. The monoisotopic (exact) mass is 1130 g/mol. The second kappa shape index (κ2) is 21.0. The zero-order chi connectivity index (χ0) is 58.1. The van der Waals surface area contributed by atoms with Gasteiger partial charge in [0.15, 0.2) is 5.82 Å². The van der Waals surface area contributed by atoms with E-state index < -0.39 is 0 Å². The molecule has 0 unspecified atom stereocenters. The lowest BCUT2D eigenvalue weighted by atomic mass is 10.1. The molecule has 17 aromatic rings. The molecule has 0 radical (unpaired) electrons. The first-order valence-corrected chi connectivity index (χ1v) is 29.8. The van der Waals surface area contributed by atoms with Crippen LogP contribution in [-0.4, -0.2) is 23.7 Å². The van der Waals surface area contributed by atoms with Gasteiger partial charge in [0.2, 0.25) is 5.95 Å². The van der Waals surface area contributed by atoms with Crippen molar-refractivity contribution in [1.82, 2.24) is 23.7 Å². The zero-order valence-electron chi connectivity index (χ0n) is 47.8. The number of aromatic nitrogens is 5. The first-order valence-electron chi connectivity index (χ1n) is 29.8. The Kier molecular flexibility index (Phi) is 12.0. The Bertz CT molecular complexity index is 5410. The van der Waals surface area contributed by atoms with Crippen molar-refractivity contribution in [1.29, 1.82) is 0 Å².